The van der Waals surface area contributed by atoms with Gasteiger partial charge in [-0.2, -0.15) is 0 Å². The van der Waals surface area contributed by atoms with Crippen molar-refractivity contribution in [1.82, 2.24) is 4.90 Å². The smallest absolute Gasteiger partial charge is 0.272 e. The van der Waals surface area contributed by atoms with Gasteiger partial charge in [-0.15, -0.1) is 0 Å². The van der Waals surface area contributed by atoms with E-state index in [4.69, 9.17) is 4.74 Å². The second kappa shape index (κ2) is 4.66. The molecule has 0 bridgehead atoms. The van der Waals surface area contributed by atoms with E-state index < -0.39 is 5.92 Å². The summed E-state index contributed by atoms with van der Waals surface area (Å²) in [5, 5.41) is 0. The van der Waals surface area contributed by atoms with E-state index in [1.54, 1.807) is 0 Å². The standard InChI is InChI=1S/C15H27F2NO/c1-13(2,3)11-6-12(7-11)19-10-14(4,5)18-8-15(16,17)9-18/h11-12H,6-10H2,1-5H3. The molecule has 0 atom stereocenters. The zero-order valence-electron chi connectivity index (χ0n) is 12.8. The molecule has 0 spiro atoms. The number of hydrogen-bond donors (Lipinski definition) is 0. The van der Waals surface area contributed by atoms with Crippen LogP contribution in [0.3, 0.4) is 0 Å². The topological polar surface area (TPSA) is 12.5 Å². The summed E-state index contributed by atoms with van der Waals surface area (Å²) in [6, 6.07) is 0. The van der Waals surface area contributed by atoms with Gasteiger partial charge in [0.25, 0.3) is 5.92 Å². The van der Waals surface area contributed by atoms with Crippen LogP contribution in [0.25, 0.3) is 0 Å². The van der Waals surface area contributed by atoms with Crippen molar-refractivity contribution < 1.29 is 13.5 Å². The van der Waals surface area contributed by atoms with Gasteiger partial charge in [0.05, 0.1) is 25.8 Å². The van der Waals surface area contributed by atoms with Gasteiger partial charge in [0.2, 0.25) is 0 Å². The summed E-state index contributed by atoms with van der Waals surface area (Å²) in [6.07, 6.45) is 2.54. The molecule has 1 saturated carbocycles. The van der Waals surface area contributed by atoms with Crippen LogP contribution in [0.1, 0.15) is 47.5 Å². The van der Waals surface area contributed by atoms with Gasteiger partial charge in [-0.1, -0.05) is 20.8 Å². The number of nitrogens with zero attached hydrogens (tertiary/aromatic N) is 1. The normalized spacial score (nSPS) is 31.7. The molecule has 0 radical (unpaired) electrons. The first kappa shape index (κ1) is 15.2. The predicted octanol–water partition coefficient (Wildman–Crippen LogP) is 3.56. The van der Waals surface area contributed by atoms with Crippen LogP contribution >= 0.6 is 0 Å². The summed E-state index contributed by atoms with van der Waals surface area (Å²) in [5.41, 5.74) is 0.0728. The Morgan fingerprint density at radius 3 is 2.05 bits per heavy atom. The largest absolute Gasteiger partial charge is 0.376 e. The molecule has 19 heavy (non-hydrogen) atoms. The second-order valence-corrected chi connectivity index (χ2v) is 7.99. The van der Waals surface area contributed by atoms with Crippen LogP contribution in [-0.4, -0.2) is 42.2 Å². The maximum atomic E-state index is 12.9. The highest BCUT2D eigenvalue weighted by atomic mass is 19.3. The maximum absolute atomic E-state index is 12.9. The highest BCUT2D eigenvalue weighted by molar-refractivity contribution is 4.97. The molecule has 1 aliphatic carbocycles. The Morgan fingerprint density at radius 1 is 1.11 bits per heavy atom. The quantitative estimate of drug-likeness (QED) is 0.778. The van der Waals surface area contributed by atoms with Gasteiger partial charge in [-0.3, -0.25) is 4.90 Å². The highest BCUT2D eigenvalue weighted by Gasteiger charge is 2.50. The van der Waals surface area contributed by atoms with Crippen LogP contribution in [0.2, 0.25) is 0 Å². The molecule has 0 amide bonds. The minimum Gasteiger partial charge on any atom is -0.376 e. The maximum Gasteiger partial charge on any atom is 0.272 e. The Bertz CT molecular complexity index is 322. The fourth-order valence-electron chi connectivity index (χ4n) is 2.76. The fraction of sp³-hybridized carbons (Fsp3) is 1.00. The first-order chi connectivity index (χ1) is 8.50. The number of rotatable bonds is 4. The summed E-state index contributed by atoms with van der Waals surface area (Å²) < 4.78 is 31.7. The Hall–Kier alpha value is -0.220. The van der Waals surface area contributed by atoms with Gasteiger partial charge < -0.3 is 4.74 Å². The molecule has 112 valence electrons. The molecule has 4 heteroatoms. The van der Waals surface area contributed by atoms with Crippen molar-refractivity contribution in [3.8, 4) is 0 Å². The molecule has 1 heterocycles. The lowest BCUT2D eigenvalue weighted by atomic mass is 9.67. The summed E-state index contributed by atoms with van der Waals surface area (Å²) in [5.74, 6) is -1.76. The summed E-state index contributed by atoms with van der Waals surface area (Å²) in [6.45, 7) is 11.1. The van der Waals surface area contributed by atoms with E-state index >= 15 is 0 Å². The van der Waals surface area contributed by atoms with Gasteiger partial charge in [0.1, 0.15) is 0 Å². The second-order valence-electron chi connectivity index (χ2n) is 7.99. The van der Waals surface area contributed by atoms with Crippen LogP contribution in [0.4, 0.5) is 8.78 Å². The van der Waals surface area contributed by atoms with Crippen molar-refractivity contribution in [1.29, 1.82) is 0 Å². The molecule has 2 fully saturated rings. The molecular weight excluding hydrogens is 248 g/mol. The zero-order chi connectivity index (χ0) is 14.5. The Morgan fingerprint density at radius 2 is 1.63 bits per heavy atom. The van der Waals surface area contributed by atoms with Crippen LogP contribution in [0.5, 0.6) is 0 Å². The number of ether oxygens (including phenoxy) is 1. The molecule has 1 saturated heterocycles. The lowest BCUT2D eigenvalue weighted by molar-refractivity contribution is -0.183. The van der Waals surface area contributed by atoms with E-state index in [0.29, 0.717) is 18.1 Å². The third kappa shape index (κ3) is 3.46. The third-order valence-corrected chi connectivity index (χ3v) is 4.69. The molecule has 0 aromatic carbocycles. The molecule has 0 aromatic rings. The van der Waals surface area contributed by atoms with Crippen LogP contribution in [-0.2, 0) is 4.74 Å². The molecule has 0 unspecified atom stereocenters. The number of hydrogen-bond acceptors (Lipinski definition) is 2. The zero-order valence-corrected chi connectivity index (χ0v) is 12.8. The number of likely N-dealkylation sites (tertiary alicyclic amines) is 1. The van der Waals surface area contributed by atoms with Gasteiger partial charge in [-0.05, 0) is 38.0 Å². The van der Waals surface area contributed by atoms with E-state index in [9.17, 15) is 8.78 Å². The summed E-state index contributed by atoms with van der Waals surface area (Å²) >= 11 is 0. The molecule has 2 rings (SSSR count). The van der Waals surface area contributed by atoms with Crippen molar-refractivity contribution in [2.45, 2.75) is 65.0 Å². The van der Waals surface area contributed by atoms with E-state index in [1.165, 1.54) is 0 Å². The van der Waals surface area contributed by atoms with Gasteiger partial charge in [0, 0.05) is 5.54 Å². The Balaban J connectivity index is 1.69. The molecular formula is C15H27F2NO. The monoisotopic (exact) mass is 275 g/mol. The first-order valence-corrected chi connectivity index (χ1v) is 7.24. The Kier molecular flexibility index (Phi) is 3.72. The fourth-order valence-corrected chi connectivity index (χ4v) is 2.76. The molecule has 2 aliphatic rings. The van der Waals surface area contributed by atoms with E-state index in [-0.39, 0.29) is 18.6 Å². The van der Waals surface area contributed by atoms with Gasteiger partial charge in [0.15, 0.2) is 0 Å². The van der Waals surface area contributed by atoms with Gasteiger partial charge >= 0.3 is 0 Å². The number of halogens is 2. The Labute approximate surface area is 115 Å². The minimum atomic E-state index is -2.49. The molecule has 0 N–H and O–H groups in total. The van der Waals surface area contributed by atoms with E-state index in [2.05, 4.69) is 20.8 Å². The first-order valence-electron chi connectivity index (χ1n) is 7.24. The lowest BCUT2D eigenvalue weighted by Gasteiger charge is -2.50. The average Bonchev–Trinajstić information content (AvgIpc) is 2.08. The van der Waals surface area contributed by atoms with Crippen molar-refractivity contribution >= 4 is 0 Å². The van der Waals surface area contributed by atoms with Gasteiger partial charge in [-0.25, -0.2) is 8.78 Å². The van der Waals surface area contributed by atoms with Crippen LogP contribution in [0, 0.1) is 11.3 Å². The lowest BCUT2D eigenvalue weighted by Crippen LogP contribution is -2.65. The minimum absolute atomic E-state index is 0.126. The summed E-state index contributed by atoms with van der Waals surface area (Å²) in [7, 11) is 0. The van der Waals surface area contributed by atoms with Crippen molar-refractivity contribution in [3.63, 3.8) is 0 Å². The third-order valence-electron chi connectivity index (χ3n) is 4.69. The average molecular weight is 275 g/mol. The molecule has 2 nitrogen and oxygen atoms in total. The highest BCUT2D eigenvalue weighted by Crippen LogP contribution is 2.43. The van der Waals surface area contributed by atoms with Crippen molar-refractivity contribution in [2.24, 2.45) is 11.3 Å². The predicted molar refractivity (Wildman–Crippen MR) is 72.5 cm³/mol. The van der Waals surface area contributed by atoms with Crippen molar-refractivity contribution in [2.75, 3.05) is 19.7 Å². The SMILES string of the molecule is CC(C)(C)C1CC(OCC(C)(C)N2CC(F)(F)C2)C1. The van der Waals surface area contributed by atoms with Crippen LogP contribution < -0.4 is 0 Å². The molecule has 0 aromatic heterocycles. The van der Waals surface area contributed by atoms with E-state index in [1.807, 2.05) is 18.7 Å². The van der Waals surface area contributed by atoms with E-state index in [0.717, 1.165) is 18.8 Å². The molecule has 1 aliphatic heterocycles. The number of alkyl halides is 2. The van der Waals surface area contributed by atoms with Crippen LogP contribution in [0.15, 0.2) is 0 Å². The summed E-state index contributed by atoms with van der Waals surface area (Å²) in [4.78, 5) is 1.81. The van der Waals surface area contributed by atoms with Crippen molar-refractivity contribution in [3.05, 3.63) is 0 Å².